The lowest BCUT2D eigenvalue weighted by Gasteiger charge is -2.21. The highest BCUT2D eigenvalue weighted by atomic mass is 79.9. The Balaban J connectivity index is 1.99. The van der Waals surface area contributed by atoms with E-state index in [4.69, 9.17) is 0 Å². The summed E-state index contributed by atoms with van der Waals surface area (Å²) >= 11 is 3.38. The maximum Gasteiger partial charge on any atom is 0.134 e. The van der Waals surface area contributed by atoms with Crippen LogP contribution in [0.15, 0.2) is 22.7 Å². The number of para-hydroxylation sites is 1. The van der Waals surface area contributed by atoms with Gasteiger partial charge in [-0.25, -0.2) is 0 Å². The average molecular weight is 312 g/mol. The topological polar surface area (TPSA) is 23.5 Å². The van der Waals surface area contributed by atoms with Crippen LogP contribution in [0.1, 0.15) is 38.2 Å². The summed E-state index contributed by atoms with van der Waals surface area (Å²) in [4.78, 5) is 2.47. The van der Waals surface area contributed by atoms with E-state index in [2.05, 4.69) is 27.8 Å². The summed E-state index contributed by atoms with van der Waals surface area (Å²) in [5.41, 5.74) is 1.03. The van der Waals surface area contributed by atoms with Crippen LogP contribution in [-0.2, 0) is 6.54 Å². The van der Waals surface area contributed by atoms with Crippen LogP contribution in [-0.4, -0.2) is 23.1 Å². The first-order chi connectivity index (χ1) is 8.70. The van der Waals surface area contributed by atoms with Crippen LogP contribution in [0.4, 0.5) is 0 Å². The largest absolute Gasteiger partial charge is 0.506 e. The summed E-state index contributed by atoms with van der Waals surface area (Å²) in [5, 5.41) is 10.0. The van der Waals surface area contributed by atoms with Crippen LogP contribution in [0.3, 0.4) is 0 Å². The van der Waals surface area contributed by atoms with Gasteiger partial charge in [-0.15, -0.1) is 0 Å². The normalized spacial score (nSPS) is 21.8. The van der Waals surface area contributed by atoms with Crippen LogP contribution in [0.5, 0.6) is 5.75 Å². The molecular weight excluding hydrogens is 290 g/mol. The Hall–Kier alpha value is -0.540. The number of halogens is 1. The zero-order valence-electron chi connectivity index (χ0n) is 11.0. The fraction of sp³-hybridized carbons (Fsp3) is 0.600. The second-order valence-corrected chi connectivity index (χ2v) is 6.08. The fourth-order valence-corrected chi connectivity index (χ4v) is 3.13. The minimum atomic E-state index is 0.397. The standard InChI is InChI=1S/C15H22BrNO/c1-2-12-5-4-9-17(10-8-12)11-13-6-3-7-14(16)15(13)18/h3,6-7,12,18H,2,4-5,8-11H2,1H3. The summed E-state index contributed by atoms with van der Waals surface area (Å²) in [6, 6.07) is 5.89. The van der Waals surface area contributed by atoms with Crippen LogP contribution in [0, 0.1) is 5.92 Å². The first kappa shape index (κ1) is 13.9. The fourth-order valence-electron chi connectivity index (χ4n) is 2.72. The third-order valence-electron chi connectivity index (χ3n) is 3.98. The number of likely N-dealkylation sites (tertiary alicyclic amines) is 1. The molecule has 0 radical (unpaired) electrons. The SMILES string of the molecule is CCC1CCCN(Cc2cccc(Br)c2O)CC1. The van der Waals surface area contributed by atoms with E-state index in [0.29, 0.717) is 5.75 Å². The van der Waals surface area contributed by atoms with E-state index >= 15 is 0 Å². The minimum absolute atomic E-state index is 0.397. The van der Waals surface area contributed by atoms with Crippen molar-refractivity contribution in [2.24, 2.45) is 5.92 Å². The summed E-state index contributed by atoms with van der Waals surface area (Å²) in [7, 11) is 0. The van der Waals surface area contributed by atoms with Gasteiger partial charge in [-0.3, -0.25) is 4.90 Å². The smallest absolute Gasteiger partial charge is 0.134 e. The molecule has 0 saturated carbocycles. The van der Waals surface area contributed by atoms with Gasteiger partial charge in [-0.2, -0.15) is 0 Å². The van der Waals surface area contributed by atoms with Gasteiger partial charge in [-0.05, 0) is 60.3 Å². The van der Waals surface area contributed by atoms with Gasteiger partial charge in [0.15, 0.2) is 0 Å². The molecule has 1 atom stereocenters. The lowest BCUT2D eigenvalue weighted by Crippen LogP contribution is -2.24. The lowest BCUT2D eigenvalue weighted by atomic mass is 9.98. The van der Waals surface area contributed by atoms with Gasteiger partial charge in [0.2, 0.25) is 0 Å². The van der Waals surface area contributed by atoms with Crippen molar-refractivity contribution in [3.63, 3.8) is 0 Å². The molecule has 1 fully saturated rings. The average Bonchev–Trinajstić information content (AvgIpc) is 2.60. The number of aromatic hydroxyl groups is 1. The first-order valence-electron chi connectivity index (χ1n) is 6.89. The Morgan fingerprint density at radius 2 is 2.17 bits per heavy atom. The van der Waals surface area contributed by atoms with Gasteiger partial charge in [-0.1, -0.05) is 25.5 Å². The van der Waals surface area contributed by atoms with Gasteiger partial charge in [0.25, 0.3) is 0 Å². The van der Waals surface area contributed by atoms with Crippen LogP contribution in [0.2, 0.25) is 0 Å². The van der Waals surface area contributed by atoms with Crippen LogP contribution in [0.25, 0.3) is 0 Å². The van der Waals surface area contributed by atoms with E-state index in [1.54, 1.807) is 0 Å². The monoisotopic (exact) mass is 311 g/mol. The molecule has 100 valence electrons. The molecular formula is C15H22BrNO. The van der Waals surface area contributed by atoms with E-state index in [-0.39, 0.29) is 0 Å². The number of nitrogens with zero attached hydrogens (tertiary/aromatic N) is 1. The van der Waals surface area contributed by atoms with Crippen molar-refractivity contribution in [2.75, 3.05) is 13.1 Å². The third-order valence-corrected chi connectivity index (χ3v) is 4.62. The number of benzene rings is 1. The van der Waals surface area contributed by atoms with Gasteiger partial charge in [0, 0.05) is 12.1 Å². The molecule has 0 amide bonds. The van der Waals surface area contributed by atoms with Crippen molar-refractivity contribution in [1.29, 1.82) is 0 Å². The van der Waals surface area contributed by atoms with E-state index < -0.39 is 0 Å². The molecule has 1 unspecified atom stereocenters. The van der Waals surface area contributed by atoms with Crippen molar-refractivity contribution in [1.82, 2.24) is 4.90 Å². The highest BCUT2D eigenvalue weighted by Gasteiger charge is 2.17. The zero-order valence-corrected chi connectivity index (χ0v) is 12.6. The van der Waals surface area contributed by atoms with Crippen molar-refractivity contribution >= 4 is 15.9 Å². The number of hydrogen-bond donors (Lipinski definition) is 1. The van der Waals surface area contributed by atoms with E-state index in [0.717, 1.165) is 35.6 Å². The maximum absolute atomic E-state index is 10.0. The Morgan fingerprint density at radius 1 is 1.33 bits per heavy atom. The van der Waals surface area contributed by atoms with Crippen LogP contribution >= 0.6 is 15.9 Å². The molecule has 1 N–H and O–H groups in total. The molecule has 18 heavy (non-hydrogen) atoms. The second-order valence-electron chi connectivity index (χ2n) is 5.23. The number of phenolic OH excluding ortho intramolecular Hbond substituents is 1. The van der Waals surface area contributed by atoms with E-state index in [1.165, 1.54) is 25.7 Å². The molecule has 1 aromatic carbocycles. The summed E-state index contributed by atoms with van der Waals surface area (Å²) in [6.07, 6.45) is 5.24. The summed E-state index contributed by atoms with van der Waals surface area (Å²) in [5.74, 6) is 1.29. The van der Waals surface area contributed by atoms with Gasteiger partial charge in [0.05, 0.1) is 4.47 Å². The van der Waals surface area contributed by atoms with E-state index in [1.807, 2.05) is 18.2 Å². The number of phenols is 1. The highest BCUT2D eigenvalue weighted by Crippen LogP contribution is 2.29. The van der Waals surface area contributed by atoms with Gasteiger partial charge in [0.1, 0.15) is 5.75 Å². The summed E-state index contributed by atoms with van der Waals surface area (Å²) < 4.78 is 0.793. The Kier molecular flexibility index (Phi) is 5.07. The van der Waals surface area contributed by atoms with Crippen molar-refractivity contribution < 1.29 is 5.11 Å². The molecule has 1 heterocycles. The Labute approximate surface area is 118 Å². The molecule has 1 saturated heterocycles. The Bertz CT molecular complexity index is 394. The molecule has 1 aliphatic heterocycles. The van der Waals surface area contributed by atoms with Gasteiger partial charge < -0.3 is 5.11 Å². The Morgan fingerprint density at radius 3 is 2.94 bits per heavy atom. The molecule has 0 aliphatic carbocycles. The predicted molar refractivity (Wildman–Crippen MR) is 78.7 cm³/mol. The van der Waals surface area contributed by atoms with Crippen LogP contribution < -0.4 is 0 Å². The van der Waals surface area contributed by atoms with Crippen molar-refractivity contribution in [3.05, 3.63) is 28.2 Å². The number of rotatable bonds is 3. The molecule has 0 bridgehead atoms. The zero-order chi connectivity index (χ0) is 13.0. The minimum Gasteiger partial charge on any atom is -0.506 e. The first-order valence-corrected chi connectivity index (χ1v) is 7.68. The quantitative estimate of drug-likeness (QED) is 0.905. The molecule has 1 aliphatic rings. The maximum atomic E-state index is 10.0. The molecule has 3 heteroatoms. The van der Waals surface area contributed by atoms with Crippen molar-refractivity contribution in [3.8, 4) is 5.75 Å². The lowest BCUT2D eigenvalue weighted by molar-refractivity contribution is 0.268. The predicted octanol–water partition coefficient (Wildman–Crippen LogP) is 4.17. The molecule has 2 nitrogen and oxygen atoms in total. The van der Waals surface area contributed by atoms with E-state index in [9.17, 15) is 5.11 Å². The second kappa shape index (κ2) is 6.58. The number of hydrogen-bond acceptors (Lipinski definition) is 2. The molecule has 0 spiro atoms. The molecule has 1 aromatic rings. The van der Waals surface area contributed by atoms with Crippen molar-refractivity contribution in [2.45, 2.75) is 39.2 Å². The summed E-state index contributed by atoms with van der Waals surface area (Å²) in [6.45, 7) is 5.47. The van der Waals surface area contributed by atoms with Gasteiger partial charge >= 0.3 is 0 Å². The molecule has 0 aromatic heterocycles. The third kappa shape index (κ3) is 3.48. The highest BCUT2D eigenvalue weighted by molar-refractivity contribution is 9.10. The molecule has 2 rings (SSSR count).